The minimum Gasteiger partial charge on any atom is -0.274 e. The van der Waals surface area contributed by atoms with E-state index in [1.54, 1.807) is 24.3 Å². The molecule has 1 heterocycles. The molecule has 124 valence electrons. The zero-order valence-corrected chi connectivity index (χ0v) is 12.9. The highest BCUT2D eigenvalue weighted by atomic mass is 32.2. The SMILES string of the molecule is NSc1ccc(-n2nc(C(F)(F)F)cc2-c2ccc(F)cc2)cc1. The molecule has 8 heteroatoms. The third-order valence-electron chi connectivity index (χ3n) is 3.36. The van der Waals surface area contributed by atoms with Crippen molar-refractivity contribution in [3.63, 3.8) is 0 Å². The second kappa shape index (κ2) is 6.29. The summed E-state index contributed by atoms with van der Waals surface area (Å²) >= 11 is 1.03. The van der Waals surface area contributed by atoms with E-state index in [2.05, 4.69) is 5.10 Å². The number of hydrogen-bond donors (Lipinski definition) is 1. The summed E-state index contributed by atoms with van der Waals surface area (Å²) in [4.78, 5) is 0.769. The van der Waals surface area contributed by atoms with Crippen molar-refractivity contribution >= 4 is 11.9 Å². The molecule has 0 aliphatic heterocycles. The fraction of sp³-hybridized carbons (Fsp3) is 0.0625. The molecule has 2 aromatic carbocycles. The topological polar surface area (TPSA) is 43.8 Å². The van der Waals surface area contributed by atoms with Crippen LogP contribution in [-0.2, 0) is 6.18 Å². The van der Waals surface area contributed by atoms with Gasteiger partial charge in [-0.15, -0.1) is 0 Å². The van der Waals surface area contributed by atoms with Gasteiger partial charge in [0.05, 0.1) is 11.4 Å². The Morgan fingerprint density at radius 3 is 2.12 bits per heavy atom. The maximum Gasteiger partial charge on any atom is 0.435 e. The summed E-state index contributed by atoms with van der Waals surface area (Å²) in [6.07, 6.45) is -4.58. The van der Waals surface area contributed by atoms with Gasteiger partial charge >= 0.3 is 6.18 Å². The van der Waals surface area contributed by atoms with Gasteiger partial charge in [0.25, 0.3) is 0 Å². The summed E-state index contributed by atoms with van der Waals surface area (Å²) in [6, 6.07) is 12.7. The second-order valence-electron chi connectivity index (χ2n) is 4.94. The average Bonchev–Trinajstić information content (AvgIpc) is 3.01. The third kappa shape index (κ3) is 3.29. The Balaban J connectivity index is 2.15. The zero-order valence-electron chi connectivity index (χ0n) is 12.1. The third-order valence-corrected chi connectivity index (χ3v) is 3.90. The Hall–Kier alpha value is -2.32. The highest BCUT2D eigenvalue weighted by Gasteiger charge is 2.35. The van der Waals surface area contributed by atoms with Crippen molar-refractivity contribution in [2.75, 3.05) is 0 Å². The summed E-state index contributed by atoms with van der Waals surface area (Å²) in [7, 11) is 0. The van der Waals surface area contributed by atoms with Gasteiger partial charge < -0.3 is 0 Å². The lowest BCUT2D eigenvalue weighted by molar-refractivity contribution is -0.141. The number of alkyl halides is 3. The van der Waals surface area contributed by atoms with E-state index < -0.39 is 17.7 Å². The molecule has 0 unspecified atom stereocenters. The Morgan fingerprint density at radius 1 is 0.958 bits per heavy atom. The monoisotopic (exact) mass is 353 g/mol. The van der Waals surface area contributed by atoms with Gasteiger partial charge in [0.1, 0.15) is 5.82 Å². The lowest BCUT2D eigenvalue weighted by Crippen LogP contribution is -2.07. The van der Waals surface area contributed by atoms with Crippen molar-refractivity contribution in [1.29, 1.82) is 0 Å². The van der Waals surface area contributed by atoms with Gasteiger partial charge in [-0.3, -0.25) is 5.14 Å². The molecule has 0 atom stereocenters. The van der Waals surface area contributed by atoms with Gasteiger partial charge in [-0.25, -0.2) is 9.07 Å². The number of nitrogens with zero attached hydrogens (tertiary/aromatic N) is 2. The van der Waals surface area contributed by atoms with Crippen LogP contribution < -0.4 is 5.14 Å². The Kier molecular flexibility index (Phi) is 4.33. The van der Waals surface area contributed by atoms with Crippen molar-refractivity contribution in [1.82, 2.24) is 9.78 Å². The van der Waals surface area contributed by atoms with Crippen LogP contribution in [0, 0.1) is 5.82 Å². The molecule has 0 amide bonds. The normalized spacial score (nSPS) is 11.7. The first kappa shape index (κ1) is 16.5. The summed E-state index contributed by atoms with van der Waals surface area (Å²) in [5, 5.41) is 9.11. The van der Waals surface area contributed by atoms with Crippen molar-refractivity contribution in [2.24, 2.45) is 5.14 Å². The molecule has 0 radical (unpaired) electrons. The standard InChI is InChI=1S/C16H11F4N3S/c17-11-3-1-10(2-4-11)14-9-15(16(18,19)20)22-23(14)12-5-7-13(24-21)8-6-12/h1-9H,21H2. The van der Waals surface area contributed by atoms with E-state index in [1.807, 2.05) is 0 Å². The molecule has 2 N–H and O–H groups in total. The van der Waals surface area contributed by atoms with E-state index in [9.17, 15) is 17.6 Å². The number of halogens is 4. The number of nitrogens with two attached hydrogens (primary N) is 1. The van der Waals surface area contributed by atoms with Crippen molar-refractivity contribution in [3.8, 4) is 16.9 Å². The average molecular weight is 353 g/mol. The minimum atomic E-state index is -4.58. The lowest BCUT2D eigenvalue weighted by Gasteiger charge is -2.08. The van der Waals surface area contributed by atoms with Crippen LogP contribution in [0.15, 0.2) is 59.5 Å². The number of benzene rings is 2. The Morgan fingerprint density at radius 2 is 1.58 bits per heavy atom. The molecule has 1 aromatic heterocycles. The molecule has 3 nitrogen and oxygen atoms in total. The highest BCUT2D eigenvalue weighted by Crippen LogP contribution is 2.33. The van der Waals surface area contributed by atoms with Crippen LogP contribution in [-0.4, -0.2) is 9.78 Å². The molecular weight excluding hydrogens is 342 g/mol. The molecule has 0 spiro atoms. The zero-order chi connectivity index (χ0) is 17.3. The van der Waals surface area contributed by atoms with Gasteiger partial charge in [0.15, 0.2) is 5.69 Å². The van der Waals surface area contributed by atoms with E-state index >= 15 is 0 Å². The lowest BCUT2D eigenvalue weighted by atomic mass is 10.1. The van der Waals surface area contributed by atoms with Crippen molar-refractivity contribution in [2.45, 2.75) is 11.1 Å². The van der Waals surface area contributed by atoms with Crippen LogP contribution in [0.25, 0.3) is 16.9 Å². The van der Waals surface area contributed by atoms with Crippen molar-refractivity contribution < 1.29 is 17.6 Å². The smallest absolute Gasteiger partial charge is 0.274 e. The molecule has 0 saturated heterocycles. The molecule has 0 aliphatic carbocycles. The highest BCUT2D eigenvalue weighted by molar-refractivity contribution is 7.97. The van der Waals surface area contributed by atoms with Gasteiger partial charge in [0, 0.05) is 10.5 Å². The molecule has 0 bridgehead atoms. The van der Waals surface area contributed by atoms with Gasteiger partial charge in [-0.05, 0) is 66.5 Å². The molecule has 3 aromatic rings. The molecule has 0 aliphatic rings. The molecule has 0 fully saturated rings. The van der Waals surface area contributed by atoms with Crippen LogP contribution >= 0.6 is 11.9 Å². The summed E-state index contributed by atoms with van der Waals surface area (Å²) in [5.41, 5.74) is 0.0777. The van der Waals surface area contributed by atoms with E-state index in [1.165, 1.54) is 28.9 Å². The predicted octanol–water partition coefficient (Wildman–Crippen LogP) is 4.66. The fourth-order valence-electron chi connectivity index (χ4n) is 2.21. The quantitative estimate of drug-likeness (QED) is 0.550. The maximum absolute atomic E-state index is 13.1. The van der Waals surface area contributed by atoms with E-state index in [0.29, 0.717) is 11.3 Å². The second-order valence-corrected chi connectivity index (χ2v) is 5.65. The first-order valence-electron chi connectivity index (χ1n) is 6.79. The molecule has 24 heavy (non-hydrogen) atoms. The van der Waals surface area contributed by atoms with Gasteiger partial charge in [-0.2, -0.15) is 18.3 Å². The summed E-state index contributed by atoms with van der Waals surface area (Å²) in [6.45, 7) is 0. The van der Waals surface area contributed by atoms with Gasteiger partial charge in [-0.1, -0.05) is 0 Å². The van der Waals surface area contributed by atoms with Crippen LogP contribution in [0.5, 0.6) is 0 Å². The molecular formula is C16H11F4N3S. The van der Waals surface area contributed by atoms with Crippen molar-refractivity contribution in [3.05, 3.63) is 66.1 Å². The summed E-state index contributed by atoms with van der Waals surface area (Å²) < 4.78 is 53.4. The Labute approximate surface area is 139 Å². The number of rotatable bonds is 3. The van der Waals surface area contributed by atoms with E-state index in [-0.39, 0.29) is 5.69 Å². The van der Waals surface area contributed by atoms with E-state index in [4.69, 9.17) is 5.14 Å². The molecule has 3 rings (SSSR count). The fourth-order valence-corrected chi connectivity index (χ4v) is 2.50. The van der Waals surface area contributed by atoms with Crippen LogP contribution in [0.1, 0.15) is 5.69 Å². The first-order valence-corrected chi connectivity index (χ1v) is 7.67. The van der Waals surface area contributed by atoms with Gasteiger partial charge in [0.2, 0.25) is 0 Å². The minimum absolute atomic E-state index is 0.218. The number of aromatic nitrogens is 2. The predicted molar refractivity (Wildman–Crippen MR) is 84.0 cm³/mol. The maximum atomic E-state index is 13.1. The van der Waals surface area contributed by atoms with E-state index in [0.717, 1.165) is 22.9 Å². The first-order chi connectivity index (χ1) is 11.4. The van der Waals surface area contributed by atoms with Crippen LogP contribution in [0.4, 0.5) is 17.6 Å². The Bertz CT molecular complexity index is 839. The summed E-state index contributed by atoms with van der Waals surface area (Å²) in [5.74, 6) is -0.467. The largest absolute Gasteiger partial charge is 0.435 e. The number of hydrogen-bond acceptors (Lipinski definition) is 3. The molecule has 0 saturated carbocycles. The van der Waals surface area contributed by atoms with Crippen LogP contribution in [0.2, 0.25) is 0 Å². The van der Waals surface area contributed by atoms with Crippen LogP contribution in [0.3, 0.4) is 0 Å².